The van der Waals surface area contributed by atoms with Gasteiger partial charge in [-0.1, -0.05) is 11.8 Å². The zero-order valence-electron chi connectivity index (χ0n) is 16.6. The summed E-state index contributed by atoms with van der Waals surface area (Å²) >= 11 is 3.01. The number of nitrogens with zero attached hydrogens (tertiary/aromatic N) is 6. The summed E-state index contributed by atoms with van der Waals surface area (Å²) in [5.41, 5.74) is 6.52. The van der Waals surface area contributed by atoms with E-state index in [0.717, 1.165) is 20.1 Å². The van der Waals surface area contributed by atoms with E-state index in [4.69, 9.17) is 5.73 Å². The third-order valence-electron chi connectivity index (χ3n) is 5.21. The van der Waals surface area contributed by atoms with Gasteiger partial charge in [-0.25, -0.2) is 15.0 Å². The van der Waals surface area contributed by atoms with Gasteiger partial charge in [-0.2, -0.15) is 0 Å². The maximum Gasteiger partial charge on any atom is 0.241 e. The summed E-state index contributed by atoms with van der Waals surface area (Å²) in [7, 11) is 1.76. The number of likely N-dealkylation sites (N-methyl/N-ethyl adjacent to an activating group) is 1. The number of hydrogen-bond donors (Lipinski definition) is 1. The summed E-state index contributed by atoms with van der Waals surface area (Å²) in [5, 5.41) is 1.57. The maximum atomic E-state index is 12.3. The van der Waals surface area contributed by atoms with Crippen molar-refractivity contribution in [2.24, 2.45) is 5.73 Å². The fraction of sp³-hybridized carbons (Fsp3) is 0.250. The van der Waals surface area contributed by atoms with Crippen molar-refractivity contribution in [1.82, 2.24) is 29.2 Å². The molecular weight excluding hydrogens is 434 g/mol. The van der Waals surface area contributed by atoms with Crippen molar-refractivity contribution in [1.29, 1.82) is 0 Å². The molecular formula is C20H19N7O2S2. The predicted octanol–water partition coefficient (Wildman–Crippen LogP) is 1.79. The molecule has 3 aromatic heterocycles. The Bertz CT molecular complexity index is 1300. The molecule has 1 saturated heterocycles. The zero-order valence-corrected chi connectivity index (χ0v) is 18.3. The minimum atomic E-state index is -0.712. The van der Waals surface area contributed by atoms with Crippen molar-refractivity contribution in [3.8, 4) is 0 Å². The van der Waals surface area contributed by atoms with Gasteiger partial charge in [0.15, 0.2) is 0 Å². The Balaban J connectivity index is 1.44. The van der Waals surface area contributed by atoms with Crippen LogP contribution in [0.2, 0.25) is 0 Å². The van der Waals surface area contributed by atoms with E-state index in [-0.39, 0.29) is 12.5 Å². The van der Waals surface area contributed by atoms with Crippen molar-refractivity contribution < 1.29 is 9.59 Å². The first kappa shape index (κ1) is 19.9. The molecule has 0 aliphatic carbocycles. The number of primary amides is 1. The van der Waals surface area contributed by atoms with E-state index in [0.29, 0.717) is 23.9 Å². The molecule has 1 aromatic carbocycles. The first-order chi connectivity index (χ1) is 15.0. The van der Waals surface area contributed by atoms with E-state index >= 15 is 0 Å². The molecule has 11 heteroatoms. The van der Waals surface area contributed by atoms with Crippen LogP contribution in [0.5, 0.6) is 0 Å². The van der Waals surface area contributed by atoms with Gasteiger partial charge in [0.1, 0.15) is 16.1 Å². The second-order valence-electron chi connectivity index (χ2n) is 7.26. The molecule has 1 fully saturated rings. The number of amides is 2. The number of carbonyl (C=O) groups excluding carboxylic acids is 2. The molecule has 1 aliphatic rings. The summed E-state index contributed by atoms with van der Waals surface area (Å²) in [6.07, 6.45) is 5.43. The van der Waals surface area contributed by atoms with E-state index in [1.165, 1.54) is 11.3 Å². The Morgan fingerprint density at radius 3 is 2.97 bits per heavy atom. The number of carbonyl (C=O) groups is 2. The Morgan fingerprint density at radius 1 is 1.29 bits per heavy atom. The van der Waals surface area contributed by atoms with Gasteiger partial charge in [0.25, 0.3) is 0 Å². The number of hydrogen-bond acceptors (Lipinski definition) is 8. The highest BCUT2D eigenvalue weighted by molar-refractivity contribution is 7.99. The van der Waals surface area contributed by atoms with Crippen molar-refractivity contribution in [2.75, 3.05) is 26.7 Å². The molecule has 0 saturated carbocycles. The van der Waals surface area contributed by atoms with Crippen LogP contribution in [0.25, 0.3) is 16.0 Å². The molecule has 0 bridgehead atoms. The van der Waals surface area contributed by atoms with Crippen LogP contribution in [0.1, 0.15) is 11.0 Å². The molecule has 2 amide bonds. The average molecular weight is 454 g/mol. The molecule has 5 rings (SSSR count). The van der Waals surface area contributed by atoms with Gasteiger partial charge >= 0.3 is 0 Å². The number of imidazole rings is 1. The number of piperazine rings is 1. The van der Waals surface area contributed by atoms with Gasteiger partial charge in [-0.05, 0) is 24.3 Å². The van der Waals surface area contributed by atoms with Crippen molar-refractivity contribution in [3.63, 3.8) is 0 Å². The van der Waals surface area contributed by atoms with Gasteiger partial charge in [0.05, 0.1) is 23.0 Å². The van der Waals surface area contributed by atoms with E-state index in [9.17, 15) is 9.59 Å². The fourth-order valence-corrected chi connectivity index (χ4v) is 5.69. The Hall–Kier alpha value is -3.02. The third kappa shape index (κ3) is 3.75. The number of rotatable bonds is 5. The minimum Gasteiger partial charge on any atom is -0.368 e. The molecule has 31 heavy (non-hydrogen) atoms. The van der Waals surface area contributed by atoms with Gasteiger partial charge in [-0.15, -0.1) is 11.3 Å². The standard InChI is InChI=1S/C20H19N7O2S2/c1-25-7-8-26(11-15(25)28)17(18(21)29)19-24-13-4-3-12(9-14(13)31-19)30-16-10-23-20-22-5-2-6-27(16)20/h2-6,9-10,17H,7-8,11H2,1H3,(H2,21,29). The van der Waals surface area contributed by atoms with E-state index in [2.05, 4.69) is 15.0 Å². The predicted molar refractivity (Wildman–Crippen MR) is 118 cm³/mol. The lowest BCUT2D eigenvalue weighted by Crippen LogP contribution is -2.52. The highest BCUT2D eigenvalue weighted by atomic mass is 32.2. The summed E-state index contributed by atoms with van der Waals surface area (Å²) in [5.74, 6) is 0.126. The molecule has 2 N–H and O–H groups in total. The molecule has 4 aromatic rings. The molecule has 1 unspecified atom stereocenters. The number of aromatic nitrogens is 4. The molecule has 1 aliphatic heterocycles. The zero-order chi connectivity index (χ0) is 21.5. The molecule has 0 spiro atoms. The molecule has 0 radical (unpaired) electrons. The molecule has 4 heterocycles. The van der Waals surface area contributed by atoms with Crippen LogP contribution < -0.4 is 5.73 Å². The van der Waals surface area contributed by atoms with Crippen LogP contribution in [-0.2, 0) is 9.59 Å². The van der Waals surface area contributed by atoms with Crippen LogP contribution in [0, 0.1) is 0 Å². The van der Waals surface area contributed by atoms with Crippen LogP contribution in [0.3, 0.4) is 0 Å². The fourth-order valence-electron chi connectivity index (χ4n) is 3.56. The Labute approximate surface area is 185 Å². The lowest BCUT2D eigenvalue weighted by molar-refractivity contribution is -0.137. The maximum absolute atomic E-state index is 12.3. The second-order valence-corrected chi connectivity index (χ2v) is 9.42. The van der Waals surface area contributed by atoms with Gasteiger partial charge in [0.2, 0.25) is 17.6 Å². The molecule has 1 atom stereocenters. The Kier molecular flexibility index (Phi) is 5.08. The average Bonchev–Trinajstić information content (AvgIpc) is 3.34. The number of thiazole rings is 1. The Morgan fingerprint density at radius 2 is 2.16 bits per heavy atom. The molecule has 158 valence electrons. The number of fused-ring (bicyclic) bond motifs is 2. The van der Waals surface area contributed by atoms with Crippen LogP contribution in [0.4, 0.5) is 0 Å². The topological polar surface area (TPSA) is 110 Å². The smallest absolute Gasteiger partial charge is 0.241 e. The summed E-state index contributed by atoms with van der Waals surface area (Å²) in [6, 6.07) is 7.13. The van der Waals surface area contributed by atoms with E-state index in [1.54, 1.807) is 36.1 Å². The van der Waals surface area contributed by atoms with Crippen molar-refractivity contribution >= 4 is 50.9 Å². The lowest BCUT2D eigenvalue weighted by atomic mass is 10.2. The van der Waals surface area contributed by atoms with Crippen LogP contribution >= 0.6 is 23.1 Å². The van der Waals surface area contributed by atoms with Crippen molar-refractivity contribution in [3.05, 3.63) is 47.9 Å². The monoisotopic (exact) mass is 453 g/mol. The molecule has 9 nitrogen and oxygen atoms in total. The summed E-state index contributed by atoms with van der Waals surface area (Å²) < 4.78 is 2.89. The van der Waals surface area contributed by atoms with E-state index < -0.39 is 11.9 Å². The van der Waals surface area contributed by atoms with E-state index in [1.807, 2.05) is 39.8 Å². The van der Waals surface area contributed by atoms with Crippen LogP contribution in [0.15, 0.2) is 52.8 Å². The second kappa shape index (κ2) is 7.91. The lowest BCUT2D eigenvalue weighted by Gasteiger charge is -2.35. The first-order valence-electron chi connectivity index (χ1n) is 9.63. The number of nitrogens with two attached hydrogens (primary N) is 1. The van der Waals surface area contributed by atoms with Gasteiger partial charge < -0.3 is 10.6 Å². The minimum absolute atomic E-state index is 0.0279. The van der Waals surface area contributed by atoms with Gasteiger partial charge in [-0.3, -0.25) is 18.9 Å². The third-order valence-corrected chi connectivity index (χ3v) is 7.28. The summed E-state index contributed by atoms with van der Waals surface area (Å²) in [4.78, 5) is 42.1. The number of benzene rings is 1. The highest BCUT2D eigenvalue weighted by Gasteiger charge is 2.33. The first-order valence-corrected chi connectivity index (χ1v) is 11.3. The quantitative estimate of drug-likeness (QED) is 0.491. The largest absolute Gasteiger partial charge is 0.368 e. The van der Waals surface area contributed by atoms with Crippen LogP contribution in [-0.4, -0.2) is 67.6 Å². The van der Waals surface area contributed by atoms with Crippen molar-refractivity contribution in [2.45, 2.75) is 16.0 Å². The summed E-state index contributed by atoms with van der Waals surface area (Å²) in [6.45, 7) is 1.29. The normalized spacial score (nSPS) is 16.3. The SMILES string of the molecule is CN1CCN(C(C(N)=O)c2nc3ccc(Sc4cnc5ncccn45)cc3s2)CC1=O. The highest BCUT2D eigenvalue weighted by Crippen LogP contribution is 2.35. The van der Waals surface area contributed by atoms with Gasteiger partial charge in [0, 0.05) is 37.4 Å².